The molecule has 0 aromatic carbocycles. The van der Waals surface area contributed by atoms with Gasteiger partial charge in [0, 0.05) is 0 Å². The molecule has 0 heterocycles. The monoisotopic (exact) mass is 111 g/mol. The van der Waals surface area contributed by atoms with Crippen LogP contribution in [0.3, 0.4) is 0 Å². The molecule has 0 saturated carbocycles. The van der Waals surface area contributed by atoms with Crippen molar-refractivity contribution >= 4 is 12.1 Å². The van der Waals surface area contributed by atoms with Crippen LogP contribution in [0, 0.1) is 6.42 Å². The fraction of sp³-hybridized carbons (Fsp3) is 0.167. The first-order valence-electron chi connectivity index (χ1n) is 2.17. The van der Waals surface area contributed by atoms with Gasteiger partial charge in [-0.05, 0) is 12.5 Å². The molecule has 0 spiro atoms. The molecular weight excluding hydrogens is 104 g/mol. The topological polar surface area (TPSA) is 34.1 Å². The summed E-state index contributed by atoms with van der Waals surface area (Å²) in [4.78, 5) is 20.0. The molecular formula is C6H7O2. The first-order valence-corrected chi connectivity index (χ1v) is 2.17. The second-order valence-corrected chi connectivity index (χ2v) is 1.45. The molecule has 0 aliphatic rings. The van der Waals surface area contributed by atoms with Crippen molar-refractivity contribution < 1.29 is 9.59 Å². The summed E-state index contributed by atoms with van der Waals surface area (Å²) in [7, 11) is 0. The Hall–Kier alpha value is -0.920. The van der Waals surface area contributed by atoms with Crippen LogP contribution in [0.4, 0.5) is 0 Å². The maximum Gasteiger partial charge on any atom is 0.169 e. The van der Waals surface area contributed by atoms with Gasteiger partial charge in [0.2, 0.25) is 0 Å². The molecule has 0 atom stereocenters. The first-order chi connectivity index (χ1) is 3.68. The second kappa shape index (κ2) is 3.13. The summed E-state index contributed by atoms with van der Waals surface area (Å²) in [6.45, 7) is 4.89. The maximum absolute atomic E-state index is 10.4. The van der Waals surface area contributed by atoms with E-state index in [1.807, 2.05) is 0 Å². The number of allylic oxidation sites excluding steroid dienone is 1. The molecule has 0 amide bonds. The maximum atomic E-state index is 10.4. The Morgan fingerprint density at radius 1 is 1.62 bits per heavy atom. The molecule has 0 aromatic heterocycles. The number of Topliss-reactive ketones (excluding diaryl/α,β-unsaturated/α-hetero) is 1. The lowest BCUT2D eigenvalue weighted by Crippen LogP contribution is -1.98. The average Bonchev–Trinajstić information content (AvgIpc) is 1.67. The predicted molar refractivity (Wildman–Crippen MR) is 30.2 cm³/mol. The molecule has 0 rings (SSSR count). The zero-order chi connectivity index (χ0) is 6.57. The zero-order valence-corrected chi connectivity index (χ0v) is 4.68. The third-order valence-corrected chi connectivity index (χ3v) is 0.640. The molecule has 0 aliphatic carbocycles. The minimum absolute atomic E-state index is 0.306. The van der Waals surface area contributed by atoms with Crippen molar-refractivity contribution in [3.8, 4) is 0 Å². The molecule has 0 saturated heterocycles. The Morgan fingerprint density at radius 2 is 2.12 bits per heavy atom. The van der Waals surface area contributed by atoms with E-state index in [9.17, 15) is 9.59 Å². The van der Waals surface area contributed by atoms with Crippen molar-refractivity contribution in [1.29, 1.82) is 0 Å². The fourth-order valence-corrected chi connectivity index (χ4v) is 0.204. The van der Waals surface area contributed by atoms with E-state index >= 15 is 0 Å². The van der Waals surface area contributed by atoms with Crippen LogP contribution in [0.15, 0.2) is 12.2 Å². The second-order valence-electron chi connectivity index (χ2n) is 1.45. The molecule has 1 radical (unpaired) electrons. The van der Waals surface area contributed by atoms with Crippen molar-refractivity contribution in [1.82, 2.24) is 0 Å². The van der Waals surface area contributed by atoms with E-state index < -0.39 is 0 Å². The van der Waals surface area contributed by atoms with Crippen LogP contribution in [0.25, 0.3) is 0 Å². The van der Waals surface area contributed by atoms with Gasteiger partial charge in [0.1, 0.15) is 6.29 Å². The highest BCUT2D eigenvalue weighted by atomic mass is 16.1. The number of rotatable bonds is 3. The first kappa shape index (κ1) is 7.08. The van der Waals surface area contributed by atoms with E-state index in [-0.39, 0.29) is 5.78 Å². The van der Waals surface area contributed by atoms with Crippen molar-refractivity contribution in [2.45, 2.75) is 6.92 Å². The summed E-state index contributed by atoms with van der Waals surface area (Å²) in [5, 5.41) is 0. The van der Waals surface area contributed by atoms with Gasteiger partial charge >= 0.3 is 0 Å². The number of carbonyl (C=O) groups excluding carboxylic acids is 2. The summed E-state index contributed by atoms with van der Waals surface area (Å²) in [6, 6.07) is 0. The molecule has 2 heteroatoms. The molecule has 8 heavy (non-hydrogen) atoms. The highest BCUT2D eigenvalue weighted by Gasteiger charge is 1.98. The normalized spacial score (nSPS) is 8.12. The quantitative estimate of drug-likeness (QED) is 0.302. The minimum atomic E-state index is -0.306. The van der Waals surface area contributed by atoms with Gasteiger partial charge in [-0.2, -0.15) is 0 Å². The Bertz CT molecular complexity index is 124. The number of ketones is 1. The van der Waals surface area contributed by atoms with Gasteiger partial charge in [-0.25, -0.2) is 0 Å². The minimum Gasteiger partial charge on any atom is -0.303 e. The van der Waals surface area contributed by atoms with E-state index in [0.717, 1.165) is 6.42 Å². The molecule has 2 nitrogen and oxygen atoms in total. The van der Waals surface area contributed by atoms with Gasteiger partial charge in [0.25, 0.3) is 0 Å². The third kappa shape index (κ3) is 2.29. The lowest BCUT2D eigenvalue weighted by Gasteiger charge is -1.86. The third-order valence-electron chi connectivity index (χ3n) is 0.640. The van der Waals surface area contributed by atoms with Crippen molar-refractivity contribution in [3.63, 3.8) is 0 Å². The molecule has 0 aromatic rings. The van der Waals surface area contributed by atoms with Crippen LogP contribution >= 0.6 is 0 Å². The number of carbonyl (C=O) groups is 2. The van der Waals surface area contributed by atoms with Crippen molar-refractivity contribution in [2.24, 2.45) is 0 Å². The summed E-state index contributed by atoms with van der Waals surface area (Å²) in [6.07, 6.45) is 1.40. The van der Waals surface area contributed by atoms with Crippen LogP contribution in [0.5, 0.6) is 0 Å². The summed E-state index contributed by atoms with van der Waals surface area (Å²) in [5.74, 6) is -0.306. The smallest absolute Gasteiger partial charge is 0.169 e. The standard InChI is InChI=1S/C6H7O2/c1-5(2)6(8)3-4-7/h3-4H,1H2,2H3. The molecule has 0 fully saturated rings. The molecule has 0 unspecified atom stereocenters. The van der Waals surface area contributed by atoms with E-state index in [1.54, 1.807) is 6.92 Å². The summed E-state index contributed by atoms with van der Waals surface area (Å²) >= 11 is 0. The predicted octanol–water partition coefficient (Wildman–Crippen LogP) is 0.535. The van der Waals surface area contributed by atoms with Crippen molar-refractivity contribution in [3.05, 3.63) is 18.6 Å². The summed E-state index contributed by atoms with van der Waals surface area (Å²) in [5.41, 5.74) is 0.386. The Balaban J connectivity index is 3.65. The molecule has 0 bridgehead atoms. The van der Waals surface area contributed by atoms with Crippen molar-refractivity contribution in [2.75, 3.05) is 0 Å². The SMILES string of the molecule is C=C(C)C(=O)[CH]C=O. The summed E-state index contributed by atoms with van der Waals surface area (Å²) < 4.78 is 0. The van der Waals surface area contributed by atoms with E-state index in [2.05, 4.69) is 6.58 Å². The van der Waals surface area contributed by atoms with Crippen LogP contribution in [-0.4, -0.2) is 12.1 Å². The van der Waals surface area contributed by atoms with Gasteiger partial charge in [-0.1, -0.05) is 6.58 Å². The highest BCUT2D eigenvalue weighted by molar-refractivity contribution is 6.10. The van der Waals surface area contributed by atoms with Crippen LogP contribution < -0.4 is 0 Å². The molecule has 43 valence electrons. The molecule has 0 N–H and O–H groups in total. The fourth-order valence-electron chi connectivity index (χ4n) is 0.204. The molecule has 0 aliphatic heterocycles. The van der Waals surface area contributed by atoms with Crippen LogP contribution in [0.1, 0.15) is 6.92 Å². The van der Waals surface area contributed by atoms with Gasteiger partial charge < -0.3 is 4.79 Å². The number of hydrogen-bond acceptors (Lipinski definition) is 2. The highest BCUT2D eigenvalue weighted by Crippen LogP contribution is 1.89. The van der Waals surface area contributed by atoms with E-state index in [1.165, 1.54) is 0 Å². The number of aldehydes is 1. The Morgan fingerprint density at radius 3 is 2.25 bits per heavy atom. The average molecular weight is 111 g/mol. The Kier molecular flexibility index (Phi) is 2.77. The van der Waals surface area contributed by atoms with E-state index in [4.69, 9.17) is 0 Å². The van der Waals surface area contributed by atoms with Gasteiger partial charge in [-0.3, -0.25) is 4.79 Å². The Labute approximate surface area is 48.2 Å². The van der Waals surface area contributed by atoms with E-state index in [0.29, 0.717) is 11.9 Å². The zero-order valence-electron chi connectivity index (χ0n) is 4.68. The largest absolute Gasteiger partial charge is 0.303 e. The van der Waals surface area contributed by atoms with Crippen LogP contribution in [0.2, 0.25) is 0 Å². The van der Waals surface area contributed by atoms with Crippen LogP contribution in [-0.2, 0) is 9.59 Å². The number of hydrogen-bond donors (Lipinski definition) is 0. The van der Waals surface area contributed by atoms with Gasteiger partial charge in [0.05, 0.1) is 6.42 Å². The lowest BCUT2D eigenvalue weighted by molar-refractivity contribution is -0.115. The lowest BCUT2D eigenvalue weighted by atomic mass is 10.2. The van der Waals surface area contributed by atoms with Gasteiger partial charge in [-0.15, -0.1) is 0 Å². The van der Waals surface area contributed by atoms with Gasteiger partial charge in [0.15, 0.2) is 5.78 Å².